The average Bonchev–Trinajstić information content (AvgIpc) is 3.19. The molecule has 1 amide bonds. The third-order valence-electron chi connectivity index (χ3n) is 4.75. The number of carbonyl (C=O) groups excluding carboxylic acids is 1. The van der Waals surface area contributed by atoms with E-state index in [-0.39, 0.29) is 5.91 Å². The Morgan fingerprint density at radius 2 is 2.03 bits per heavy atom. The highest BCUT2D eigenvalue weighted by Gasteiger charge is 2.17. The molecule has 0 aliphatic rings. The first-order valence-corrected chi connectivity index (χ1v) is 11.0. The fraction of sp³-hybridized carbons (Fsp3) is 0.280. The van der Waals surface area contributed by atoms with Crippen molar-refractivity contribution >= 4 is 17.2 Å². The molecule has 0 saturated carbocycles. The number of carbonyl (C=O) groups is 1. The van der Waals surface area contributed by atoms with Gasteiger partial charge in [-0.25, -0.2) is 4.98 Å². The molecular weight excluding hydrogens is 392 g/mol. The quantitative estimate of drug-likeness (QED) is 0.400. The molecule has 3 aromatic rings. The molecule has 0 fully saturated rings. The maximum atomic E-state index is 12.9. The van der Waals surface area contributed by atoms with Crippen molar-refractivity contribution < 1.29 is 9.53 Å². The Morgan fingerprint density at radius 1 is 1.23 bits per heavy atom. The highest BCUT2D eigenvalue weighted by molar-refractivity contribution is 7.09. The zero-order valence-corrected chi connectivity index (χ0v) is 18.6. The van der Waals surface area contributed by atoms with Gasteiger partial charge in [-0.3, -0.25) is 4.79 Å². The van der Waals surface area contributed by atoms with Gasteiger partial charge in [0, 0.05) is 17.5 Å². The molecule has 4 nitrogen and oxygen atoms in total. The molecule has 0 radical (unpaired) electrons. The molecule has 0 saturated heterocycles. The van der Waals surface area contributed by atoms with Crippen LogP contribution in [0.3, 0.4) is 0 Å². The average molecular weight is 421 g/mol. The Kier molecular flexibility index (Phi) is 7.41. The summed E-state index contributed by atoms with van der Waals surface area (Å²) in [4.78, 5) is 19.4. The SMILES string of the molecule is C=CCN(Cc1csc(COc2ccccc2C(C)C)n1)C(=O)c1cccc(C)c1. The lowest BCUT2D eigenvalue weighted by Crippen LogP contribution is -2.30. The van der Waals surface area contributed by atoms with Gasteiger partial charge < -0.3 is 9.64 Å². The molecule has 0 spiro atoms. The number of nitrogens with zero attached hydrogens (tertiary/aromatic N) is 2. The standard InChI is InChI=1S/C25H28N2O2S/c1-5-13-27(25(28)20-10-8-9-19(4)14-20)15-21-17-30-24(26-21)16-29-23-12-7-6-11-22(23)18(2)3/h5-12,14,17-18H,1,13,15-16H2,2-4H3. The number of rotatable bonds is 9. The first-order valence-electron chi connectivity index (χ1n) is 10.1. The van der Waals surface area contributed by atoms with Crippen LogP contribution in [-0.4, -0.2) is 22.3 Å². The summed E-state index contributed by atoms with van der Waals surface area (Å²) in [6.07, 6.45) is 1.74. The first-order chi connectivity index (χ1) is 14.5. The third kappa shape index (κ3) is 5.57. The van der Waals surface area contributed by atoms with Gasteiger partial charge >= 0.3 is 0 Å². The number of ether oxygens (including phenoxy) is 1. The van der Waals surface area contributed by atoms with Crippen LogP contribution in [0.1, 0.15) is 52.0 Å². The van der Waals surface area contributed by atoms with E-state index in [9.17, 15) is 4.79 Å². The van der Waals surface area contributed by atoms with Gasteiger partial charge in [-0.15, -0.1) is 17.9 Å². The van der Waals surface area contributed by atoms with Crippen molar-refractivity contribution in [2.75, 3.05) is 6.54 Å². The lowest BCUT2D eigenvalue weighted by molar-refractivity contribution is 0.0761. The Labute approximate surface area is 182 Å². The number of para-hydroxylation sites is 1. The number of amides is 1. The lowest BCUT2D eigenvalue weighted by Gasteiger charge is -2.20. The van der Waals surface area contributed by atoms with Crippen LogP contribution in [0.2, 0.25) is 0 Å². The van der Waals surface area contributed by atoms with E-state index >= 15 is 0 Å². The van der Waals surface area contributed by atoms with Gasteiger partial charge in [-0.05, 0) is 36.6 Å². The van der Waals surface area contributed by atoms with Crippen LogP contribution >= 0.6 is 11.3 Å². The Hall–Kier alpha value is -2.92. The van der Waals surface area contributed by atoms with Gasteiger partial charge in [-0.1, -0.05) is 55.8 Å². The second-order valence-electron chi connectivity index (χ2n) is 7.56. The van der Waals surface area contributed by atoms with Crippen molar-refractivity contribution in [2.45, 2.75) is 39.8 Å². The van der Waals surface area contributed by atoms with Crippen molar-refractivity contribution in [1.82, 2.24) is 9.88 Å². The van der Waals surface area contributed by atoms with Gasteiger partial charge in [0.1, 0.15) is 17.4 Å². The molecule has 1 heterocycles. The minimum Gasteiger partial charge on any atom is -0.486 e. The molecule has 0 bridgehead atoms. The molecule has 0 atom stereocenters. The first kappa shape index (κ1) is 21.8. The predicted octanol–water partition coefficient (Wildman–Crippen LogP) is 5.98. The largest absolute Gasteiger partial charge is 0.486 e. The zero-order valence-electron chi connectivity index (χ0n) is 17.8. The van der Waals surface area contributed by atoms with Crippen molar-refractivity contribution in [3.8, 4) is 5.75 Å². The Balaban J connectivity index is 1.67. The summed E-state index contributed by atoms with van der Waals surface area (Å²) in [6, 6.07) is 15.7. The molecule has 0 N–H and O–H groups in total. The monoisotopic (exact) mass is 420 g/mol. The van der Waals surface area contributed by atoms with Crippen LogP contribution in [0.4, 0.5) is 0 Å². The Bertz CT molecular complexity index is 1010. The molecule has 5 heteroatoms. The summed E-state index contributed by atoms with van der Waals surface area (Å²) >= 11 is 1.55. The maximum Gasteiger partial charge on any atom is 0.254 e. The second kappa shape index (κ2) is 10.2. The molecule has 0 unspecified atom stereocenters. The fourth-order valence-electron chi connectivity index (χ4n) is 3.25. The van der Waals surface area contributed by atoms with E-state index in [1.807, 2.05) is 54.8 Å². The predicted molar refractivity (Wildman–Crippen MR) is 123 cm³/mol. The van der Waals surface area contributed by atoms with Crippen LogP contribution in [0, 0.1) is 6.92 Å². The van der Waals surface area contributed by atoms with Crippen molar-refractivity contribution in [2.24, 2.45) is 0 Å². The normalized spacial score (nSPS) is 10.8. The summed E-state index contributed by atoms with van der Waals surface area (Å²) in [5.74, 6) is 1.27. The highest BCUT2D eigenvalue weighted by Crippen LogP contribution is 2.27. The van der Waals surface area contributed by atoms with E-state index in [4.69, 9.17) is 4.74 Å². The summed E-state index contributed by atoms with van der Waals surface area (Å²) in [5.41, 5.74) is 3.80. The zero-order chi connectivity index (χ0) is 21.5. The molecule has 156 valence electrons. The van der Waals surface area contributed by atoms with Crippen molar-refractivity contribution in [3.05, 3.63) is 94.0 Å². The number of aryl methyl sites for hydroxylation is 1. The van der Waals surface area contributed by atoms with Crippen LogP contribution in [-0.2, 0) is 13.2 Å². The van der Waals surface area contributed by atoms with E-state index < -0.39 is 0 Å². The smallest absolute Gasteiger partial charge is 0.254 e. The van der Waals surface area contributed by atoms with E-state index in [1.165, 1.54) is 5.56 Å². The number of hydrogen-bond acceptors (Lipinski definition) is 4. The van der Waals surface area contributed by atoms with Crippen LogP contribution in [0.25, 0.3) is 0 Å². The third-order valence-corrected chi connectivity index (χ3v) is 5.62. The number of benzene rings is 2. The summed E-state index contributed by atoms with van der Waals surface area (Å²) in [5, 5.41) is 2.89. The second-order valence-corrected chi connectivity index (χ2v) is 8.50. The topological polar surface area (TPSA) is 42.4 Å². The molecular formula is C25H28N2O2S. The molecule has 30 heavy (non-hydrogen) atoms. The highest BCUT2D eigenvalue weighted by atomic mass is 32.1. The van der Waals surface area contributed by atoms with Crippen LogP contribution in [0.5, 0.6) is 5.75 Å². The molecule has 1 aromatic heterocycles. The molecule has 2 aromatic carbocycles. The van der Waals surface area contributed by atoms with Crippen molar-refractivity contribution in [3.63, 3.8) is 0 Å². The fourth-order valence-corrected chi connectivity index (χ4v) is 3.94. The number of hydrogen-bond donors (Lipinski definition) is 0. The lowest BCUT2D eigenvalue weighted by atomic mass is 10.0. The van der Waals surface area contributed by atoms with Gasteiger partial charge in [0.15, 0.2) is 0 Å². The summed E-state index contributed by atoms with van der Waals surface area (Å²) in [6.45, 7) is 11.4. The molecule has 0 aliphatic carbocycles. The number of aromatic nitrogens is 1. The minimum atomic E-state index is -0.0183. The van der Waals surface area contributed by atoms with E-state index in [0.29, 0.717) is 31.2 Å². The summed E-state index contributed by atoms with van der Waals surface area (Å²) < 4.78 is 6.03. The van der Waals surface area contributed by atoms with Crippen LogP contribution in [0.15, 0.2) is 66.6 Å². The maximum absolute atomic E-state index is 12.9. The molecule has 0 aliphatic heterocycles. The van der Waals surface area contributed by atoms with Gasteiger partial charge in [0.25, 0.3) is 5.91 Å². The van der Waals surface area contributed by atoms with Crippen LogP contribution < -0.4 is 4.74 Å². The van der Waals surface area contributed by atoms with Gasteiger partial charge in [0.2, 0.25) is 0 Å². The van der Waals surface area contributed by atoms with Crippen molar-refractivity contribution in [1.29, 1.82) is 0 Å². The van der Waals surface area contributed by atoms with E-state index in [1.54, 1.807) is 22.3 Å². The Morgan fingerprint density at radius 3 is 2.77 bits per heavy atom. The number of thiazole rings is 1. The summed E-state index contributed by atoms with van der Waals surface area (Å²) in [7, 11) is 0. The minimum absolute atomic E-state index is 0.0183. The van der Waals surface area contributed by atoms with Gasteiger partial charge in [0.05, 0.1) is 12.2 Å². The van der Waals surface area contributed by atoms with E-state index in [0.717, 1.165) is 22.0 Å². The molecule has 3 rings (SSSR count). The van der Waals surface area contributed by atoms with Gasteiger partial charge in [-0.2, -0.15) is 0 Å². The van der Waals surface area contributed by atoms with E-state index in [2.05, 4.69) is 31.5 Å².